The van der Waals surface area contributed by atoms with Crippen LogP contribution in [0.1, 0.15) is 36.5 Å². The lowest BCUT2D eigenvalue weighted by molar-refractivity contribution is -0.290. The minimum atomic E-state index is -5.98. The molecule has 3 aromatic heterocycles. The van der Waals surface area contributed by atoms with Crippen molar-refractivity contribution in [2.24, 2.45) is 0 Å². The van der Waals surface area contributed by atoms with Crippen LogP contribution in [-0.2, 0) is 0 Å². The van der Waals surface area contributed by atoms with Crippen LogP contribution in [0.4, 0.5) is 36.6 Å². The summed E-state index contributed by atoms with van der Waals surface area (Å²) in [5.74, 6) is -9.52. The number of alkyl halides is 5. The average molecular weight is 561 g/mol. The van der Waals surface area contributed by atoms with E-state index in [-0.39, 0.29) is 29.5 Å². The van der Waals surface area contributed by atoms with Crippen LogP contribution >= 0.6 is 0 Å². The van der Waals surface area contributed by atoms with Crippen LogP contribution in [0.2, 0.25) is 0 Å². The number of anilines is 1. The highest BCUT2D eigenvalue weighted by atomic mass is 19.4. The third-order valence-corrected chi connectivity index (χ3v) is 6.50. The maximum Gasteiger partial charge on any atom is 0.455 e. The summed E-state index contributed by atoms with van der Waals surface area (Å²) in [5.41, 5.74) is -2.23. The van der Waals surface area contributed by atoms with Crippen molar-refractivity contribution in [2.45, 2.75) is 50.4 Å². The zero-order chi connectivity index (χ0) is 28.7. The van der Waals surface area contributed by atoms with Gasteiger partial charge in [0.2, 0.25) is 5.43 Å². The molecule has 3 aromatic rings. The number of aliphatic hydroxyl groups excluding tert-OH is 1. The number of hydrogen-bond donors (Lipinski definition) is 2. The maximum atomic E-state index is 14.8. The van der Waals surface area contributed by atoms with Crippen LogP contribution in [-0.4, -0.2) is 62.9 Å². The Morgan fingerprint density at radius 2 is 1.92 bits per heavy atom. The minimum Gasteiger partial charge on any atom is -0.394 e. The Balaban J connectivity index is 1.88. The van der Waals surface area contributed by atoms with Crippen LogP contribution in [0.25, 0.3) is 16.9 Å². The van der Waals surface area contributed by atoms with E-state index < -0.39 is 52.5 Å². The van der Waals surface area contributed by atoms with E-state index in [9.17, 15) is 45.4 Å². The van der Waals surface area contributed by atoms with Gasteiger partial charge in [-0.15, -0.1) is 0 Å². The number of piperidine rings is 1. The second-order valence-electron chi connectivity index (χ2n) is 9.08. The van der Waals surface area contributed by atoms with Crippen LogP contribution in [0.15, 0.2) is 35.4 Å². The number of aliphatic hydroxyl groups is 1. The Labute approximate surface area is 216 Å². The largest absolute Gasteiger partial charge is 0.455 e. The van der Waals surface area contributed by atoms with E-state index in [1.54, 1.807) is 4.90 Å². The maximum absolute atomic E-state index is 14.8. The highest BCUT2D eigenvalue weighted by Gasteiger charge is 2.61. The van der Waals surface area contributed by atoms with Gasteiger partial charge in [0.05, 0.1) is 30.3 Å². The van der Waals surface area contributed by atoms with Gasteiger partial charge in [0.25, 0.3) is 5.91 Å². The molecule has 15 heteroatoms. The second kappa shape index (κ2) is 10.4. The van der Waals surface area contributed by atoms with E-state index in [1.165, 1.54) is 17.4 Å². The number of hydrogen-bond acceptors (Lipinski definition) is 6. The van der Waals surface area contributed by atoms with Gasteiger partial charge >= 0.3 is 12.1 Å². The first-order valence-electron chi connectivity index (χ1n) is 11.8. The van der Waals surface area contributed by atoms with Gasteiger partial charge in [-0.1, -0.05) is 0 Å². The molecule has 1 aliphatic rings. The third kappa shape index (κ3) is 5.27. The number of fused-ring (bicyclic) bond motifs is 1. The second-order valence-corrected chi connectivity index (χ2v) is 9.08. The summed E-state index contributed by atoms with van der Waals surface area (Å²) in [7, 11) is 0. The van der Waals surface area contributed by atoms with Crippen molar-refractivity contribution in [1.82, 2.24) is 19.9 Å². The molecule has 4 rings (SSSR count). The van der Waals surface area contributed by atoms with E-state index in [0.717, 1.165) is 17.4 Å². The zero-order valence-corrected chi connectivity index (χ0v) is 20.3. The molecule has 8 nitrogen and oxygen atoms in total. The topological polar surface area (TPSA) is 100 Å². The molecule has 0 aliphatic carbocycles. The van der Waals surface area contributed by atoms with Crippen molar-refractivity contribution >= 4 is 22.8 Å². The molecule has 2 N–H and O–H groups in total. The van der Waals surface area contributed by atoms with Crippen molar-refractivity contribution in [1.29, 1.82) is 0 Å². The summed E-state index contributed by atoms with van der Waals surface area (Å²) >= 11 is 0. The van der Waals surface area contributed by atoms with Gasteiger partial charge in [-0.3, -0.25) is 14.2 Å². The Bertz CT molecular complexity index is 1460. The first kappa shape index (κ1) is 28.3. The predicted octanol–water partition coefficient (Wildman–Crippen LogP) is 3.73. The average Bonchev–Trinajstić information content (AvgIpc) is 2.88. The molecule has 1 saturated heterocycles. The Morgan fingerprint density at radius 1 is 1.21 bits per heavy atom. The molecular weight excluding hydrogens is 539 g/mol. The number of rotatable bonds is 6. The van der Waals surface area contributed by atoms with E-state index in [1.807, 2.05) is 0 Å². The number of nitrogens with zero attached hydrogens (tertiary/aromatic N) is 4. The molecule has 2 atom stereocenters. The molecule has 39 heavy (non-hydrogen) atoms. The minimum absolute atomic E-state index is 0.194. The Morgan fingerprint density at radius 3 is 2.56 bits per heavy atom. The quantitative estimate of drug-likeness (QED) is 0.445. The number of carbonyl (C=O) groups excluding carboxylic acids is 1. The first-order chi connectivity index (χ1) is 18.3. The first-order valence-corrected chi connectivity index (χ1v) is 11.8. The fourth-order valence-corrected chi connectivity index (χ4v) is 4.36. The van der Waals surface area contributed by atoms with Crippen LogP contribution < -0.4 is 15.6 Å². The number of aromatic nitrogens is 3. The summed E-state index contributed by atoms with van der Waals surface area (Å²) in [6, 6.07) is 0.0360. The van der Waals surface area contributed by atoms with E-state index in [0.29, 0.717) is 38.3 Å². The fourth-order valence-electron chi connectivity index (χ4n) is 4.36. The van der Waals surface area contributed by atoms with Crippen molar-refractivity contribution in [3.63, 3.8) is 0 Å². The predicted molar refractivity (Wildman–Crippen MR) is 125 cm³/mol. The summed E-state index contributed by atoms with van der Waals surface area (Å²) in [6.07, 6.45) is -2.36. The van der Waals surface area contributed by atoms with Crippen molar-refractivity contribution in [3.8, 4) is 5.82 Å². The molecule has 1 amide bonds. The smallest absolute Gasteiger partial charge is 0.394 e. The lowest BCUT2D eigenvalue weighted by Crippen LogP contribution is -2.54. The summed E-state index contributed by atoms with van der Waals surface area (Å²) in [4.78, 5) is 35.8. The number of nitrogens with one attached hydrogen (secondary N) is 1. The molecule has 210 valence electrons. The number of halogens is 7. The monoisotopic (exact) mass is 561 g/mol. The molecule has 1 aliphatic heterocycles. The molecule has 0 radical (unpaired) electrons. The molecule has 0 aromatic carbocycles. The van der Waals surface area contributed by atoms with Gasteiger partial charge in [0.1, 0.15) is 17.2 Å². The van der Waals surface area contributed by atoms with Gasteiger partial charge < -0.3 is 15.3 Å². The van der Waals surface area contributed by atoms with Gasteiger partial charge in [0.15, 0.2) is 17.3 Å². The Kier molecular flexibility index (Phi) is 7.56. The van der Waals surface area contributed by atoms with E-state index in [2.05, 4.69) is 9.97 Å². The number of carbonyl (C=O) groups is 1. The highest BCUT2D eigenvalue weighted by Crippen LogP contribution is 2.38. The number of amides is 1. The molecule has 0 saturated carbocycles. The third-order valence-electron chi connectivity index (χ3n) is 6.50. The normalized spacial score (nSPS) is 17.4. The zero-order valence-electron chi connectivity index (χ0n) is 20.3. The summed E-state index contributed by atoms with van der Waals surface area (Å²) in [5, 5.41) is 10.9. The molecule has 0 spiro atoms. The van der Waals surface area contributed by atoms with Gasteiger partial charge in [-0.2, -0.15) is 22.0 Å². The molecule has 0 bridgehead atoms. The number of pyridine rings is 3. The van der Waals surface area contributed by atoms with Crippen LogP contribution in [0.3, 0.4) is 0 Å². The lowest BCUT2D eigenvalue weighted by atomic mass is 10.0. The Hall–Kier alpha value is -3.75. The molecule has 1 fully saturated rings. The molecule has 4 heterocycles. The summed E-state index contributed by atoms with van der Waals surface area (Å²) in [6.45, 7) is 0.722. The van der Waals surface area contributed by atoms with E-state index in [4.69, 9.17) is 0 Å². The van der Waals surface area contributed by atoms with Crippen LogP contribution in [0, 0.1) is 11.6 Å². The summed E-state index contributed by atoms with van der Waals surface area (Å²) < 4.78 is 94.8. The van der Waals surface area contributed by atoms with Gasteiger partial charge in [-0.05, 0) is 38.3 Å². The highest BCUT2D eigenvalue weighted by molar-refractivity contribution is 5.97. The van der Waals surface area contributed by atoms with Crippen molar-refractivity contribution in [2.75, 3.05) is 18.1 Å². The molecular formula is C24H22F7N5O3. The van der Waals surface area contributed by atoms with E-state index >= 15 is 0 Å². The van der Waals surface area contributed by atoms with Gasteiger partial charge in [-0.25, -0.2) is 18.7 Å². The van der Waals surface area contributed by atoms with Crippen molar-refractivity contribution < 1.29 is 40.6 Å². The lowest BCUT2D eigenvalue weighted by Gasteiger charge is -2.35. The van der Waals surface area contributed by atoms with Gasteiger partial charge in [0, 0.05) is 18.8 Å². The molecule has 1 unspecified atom stereocenters. The fraction of sp³-hybridized carbons (Fsp3) is 0.417. The standard InChI is InChI=1S/C24H22F7N5O3/c1-12(23(27,28)24(29,30)31)33-22(39)16-10-36(21-17(26)8-13(25)9-32-21)20-15(19(16)38)5-6-18(34-20)35-7-3-2-4-14(35)11-37/h5-6,8-10,12,14,37H,2-4,7,11H2,1H3,(H,33,39)/t12?,14-/m1/s1. The van der Waals surface area contributed by atoms with Crippen molar-refractivity contribution in [3.05, 3.63) is 58.0 Å². The van der Waals surface area contributed by atoms with Crippen LogP contribution in [0.5, 0.6) is 0 Å². The SMILES string of the molecule is CC(NC(=O)c1cn(-c2ncc(F)cc2F)c2nc(N3CCCC[C@@H]3CO)ccc2c1=O)C(F)(F)C(F)(F)F.